The van der Waals surface area contributed by atoms with Crippen LogP contribution in [0.15, 0.2) is 59.1 Å². The van der Waals surface area contributed by atoms with Gasteiger partial charge in [0.1, 0.15) is 5.82 Å². The van der Waals surface area contributed by atoms with E-state index in [1.54, 1.807) is 12.1 Å². The zero-order valence-electron chi connectivity index (χ0n) is 12.7. The number of Topliss-reactive ketones (excluding diaryl/α,β-unsaturated/α-hetero) is 1. The summed E-state index contributed by atoms with van der Waals surface area (Å²) in [6.45, 7) is 1.97. The Labute approximate surface area is 143 Å². The summed E-state index contributed by atoms with van der Waals surface area (Å²) < 4.78 is 13.5. The molecule has 0 bridgehead atoms. The van der Waals surface area contributed by atoms with Crippen molar-refractivity contribution in [3.63, 3.8) is 0 Å². The molecule has 3 heteroatoms. The average Bonchev–Trinajstić information content (AvgIpc) is 2.55. The van der Waals surface area contributed by atoms with E-state index in [2.05, 4.69) is 15.9 Å². The number of carbonyl (C=O) groups is 1. The number of ketones is 1. The van der Waals surface area contributed by atoms with Crippen molar-refractivity contribution in [2.75, 3.05) is 0 Å². The number of hydrogen-bond donors (Lipinski definition) is 0. The number of carbonyl (C=O) groups excluding carboxylic acids is 1. The maximum atomic E-state index is 12.9. The molecule has 1 atom stereocenters. The van der Waals surface area contributed by atoms with Crippen LogP contribution < -0.4 is 0 Å². The van der Waals surface area contributed by atoms with Crippen molar-refractivity contribution in [1.82, 2.24) is 0 Å². The van der Waals surface area contributed by atoms with Gasteiger partial charge >= 0.3 is 0 Å². The Hall–Kier alpha value is -2.00. The molecule has 1 aliphatic carbocycles. The van der Waals surface area contributed by atoms with Gasteiger partial charge in [-0.1, -0.05) is 48.6 Å². The fourth-order valence-corrected chi connectivity index (χ4v) is 3.60. The summed E-state index contributed by atoms with van der Waals surface area (Å²) >= 11 is 3.39. The lowest BCUT2D eigenvalue weighted by molar-refractivity contribution is -0.119. The van der Waals surface area contributed by atoms with Crippen LogP contribution in [0.3, 0.4) is 0 Å². The Kier molecular flexibility index (Phi) is 4.31. The van der Waals surface area contributed by atoms with Crippen LogP contribution in [0, 0.1) is 5.82 Å². The van der Waals surface area contributed by atoms with Gasteiger partial charge in [-0.2, -0.15) is 0 Å². The molecule has 0 spiro atoms. The van der Waals surface area contributed by atoms with Crippen molar-refractivity contribution in [2.45, 2.75) is 18.8 Å². The number of hydrogen-bond acceptors (Lipinski definition) is 1. The van der Waals surface area contributed by atoms with Crippen LogP contribution in [-0.4, -0.2) is 5.78 Å². The number of rotatable bonds is 3. The Bertz CT molecular complexity index is 805. The van der Waals surface area contributed by atoms with Gasteiger partial charge in [-0.15, -0.1) is 0 Å². The van der Waals surface area contributed by atoms with E-state index in [1.807, 2.05) is 49.4 Å². The van der Waals surface area contributed by atoms with Gasteiger partial charge < -0.3 is 0 Å². The molecular weight excluding hydrogens is 355 g/mol. The third-order valence-corrected chi connectivity index (χ3v) is 4.85. The molecule has 0 unspecified atom stereocenters. The smallest absolute Gasteiger partial charge is 0.180 e. The average molecular weight is 371 g/mol. The van der Waals surface area contributed by atoms with E-state index >= 15 is 0 Å². The van der Waals surface area contributed by atoms with Crippen molar-refractivity contribution in [2.24, 2.45) is 0 Å². The molecule has 1 aliphatic rings. The molecule has 0 saturated carbocycles. The fraction of sp³-hybridized carbons (Fsp3) is 0.150. The maximum Gasteiger partial charge on any atom is 0.180 e. The second-order valence-electron chi connectivity index (χ2n) is 5.90. The van der Waals surface area contributed by atoms with Gasteiger partial charge in [0.25, 0.3) is 0 Å². The van der Waals surface area contributed by atoms with Gasteiger partial charge in [-0.05, 0) is 64.2 Å². The zero-order chi connectivity index (χ0) is 16.4. The third kappa shape index (κ3) is 3.06. The molecule has 116 valence electrons. The zero-order valence-corrected chi connectivity index (χ0v) is 14.3. The summed E-state index contributed by atoms with van der Waals surface area (Å²) in [5, 5.41) is 0. The van der Waals surface area contributed by atoms with Crippen LogP contribution >= 0.6 is 15.9 Å². The molecule has 0 N–H and O–H groups in total. The minimum absolute atomic E-state index is 0.0833. The summed E-state index contributed by atoms with van der Waals surface area (Å²) in [6.07, 6.45) is 6.37. The SMILES string of the molecule is C[C@@]1(C/C=C/c2ccc(F)cc2)C(=O)C(Br)=Cc2ccccc21. The molecular formula is C20H16BrFO. The van der Waals surface area contributed by atoms with E-state index in [4.69, 9.17) is 0 Å². The van der Waals surface area contributed by atoms with Crippen molar-refractivity contribution < 1.29 is 9.18 Å². The predicted octanol–water partition coefficient (Wildman–Crippen LogP) is 5.51. The fourth-order valence-electron chi connectivity index (χ4n) is 2.92. The van der Waals surface area contributed by atoms with E-state index < -0.39 is 5.41 Å². The number of benzene rings is 2. The van der Waals surface area contributed by atoms with Gasteiger partial charge in [0.15, 0.2) is 5.78 Å². The highest BCUT2D eigenvalue weighted by Crippen LogP contribution is 2.40. The first kappa shape index (κ1) is 15.9. The Morgan fingerprint density at radius 3 is 2.57 bits per heavy atom. The first-order valence-corrected chi connectivity index (χ1v) is 8.23. The van der Waals surface area contributed by atoms with E-state index in [9.17, 15) is 9.18 Å². The van der Waals surface area contributed by atoms with Crippen molar-refractivity contribution >= 4 is 33.9 Å². The molecule has 0 radical (unpaired) electrons. The molecule has 0 aromatic heterocycles. The summed E-state index contributed by atoms with van der Waals surface area (Å²) in [5.74, 6) is -0.167. The molecule has 23 heavy (non-hydrogen) atoms. The van der Waals surface area contributed by atoms with E-state index in [-0.39, 0.29) is 11.6 Å². The lowest BCUT2D eigenvalue weighted by Gasteiger charge is -2.32. The first-order chi connectivity index (χ1) is 11.0. The predicted molar refractivity (Wildman–Crippen MR) is 95.8 cm³/mol. The number of fused-ring (bicyclic) bond motifs is 1. The van der Waals surface area contributed by atoms with Crippen LogP contribution in [0.2, 0.25) is 0 Å². The molecule has 0 heterocycles. The molecule has 1 nitrogen and oxygen atoms in total. The van der Waals surface area contributed by atoms with Gasteiger partial charge in [0.2, 0.25) is 0 Å². The Morgan fingerprint density at radius 1 is 1.13 bits per heavy atom. The second-order valence-corrected chi connectivity index (χ2v) is 6.75. The van der Waals surface area contributed by atoms with Gasteiger partial charge in [-0.3, -0.25) is 4.79 Å². The van der Waals surface area contributed by atoms with Gasteiger partial charge in [0.05, 0.1) is 9.90 Å². The summed E-state index contributed by atoms with van der Waals surface area (Å²) in [4.78, 5) is 12.7. The van der Waals surface area contributed by atoms with E-state index in [0.717, 1.165) is 16.7 Å². The molecule has 0 aliphatic heterocycles. The lowest BCUT2D eigenvalue weighted by atomic mass is 9.71. The largest absolute Gasteiger partial charge is 0.293 e. The number of halogens is 2. The van der Waals surface area contributed by atoms with Gasteiger partial charge in [-0.25, -0.2) is 4.39 Å². The van der Waals surface area contributed by atoms with Crippen LogP contribution in [0.25, 0.3) is 12.2 Å². The van der Waals surface area contributed by atoms with Crippen LogP contribution in [-0.2, 0) is 10.2 Å². The third-order valence-electron chi connectivity index (χ3n) is 4.26. The first-order valence-electron chi connectivity index (χ1n) is 7.44. The highest BCUT2D eigenvalue weighted by molar-refractivity contribution is 9.12. The lowest BCUT2D eigenvalue weighted by Crippen LogP contribution is -2.35. The van der Waals surface area contributed by atoms with E-state index in [1.165, 1.54) is 12.1 Å². The van der Waals surface area contributed by atoms with Gasteiger partial charge in [0, 0.05) is 0 Å². The van der Waals surface area contributed by atoms with Crippen LogP contribution in [0.4, 0.5) is 4.39 Å². The monoisotopic (exact) mass is 370 g/mol. The topological polar surface area (TPSA) is 17.1 Å². The highest BCUT2D eigenvalue weighted by Gasteiger charge is 2.39. The minimum atomic E-state index is -0.597. The molecule has 0 saturated heterocycles. The Morgan fingerprint density at radius 2 is 1.83 bits per heavy atom. The molecule has 3 rings (SSSR count). The second kappa shape index (κ2) is 6.25. The van der Waals surface area contributed by atoms with Crippen molar-refractivity contribution in [3.05, 3.63) is 81.6 Å². The van der Waals surface area contributed by atoms with Crippen molar-refractivity contribution in [3.8, 4) is 0 Å². The Balaban J connectivity index is 1.90. The van der Waals surface area contributed by atoms with Crippen molar-refractivity contribution in [1.29, 1.82) is 0 Å². The molecule has 2 aromatic carbocycles. The molecule has 2 aromatic rings. The summed E-state index contributed by atoms with van der Waals surface area (Å²) in [7, 11) is 0. The minimum Gasteiger partial charge on any atom is -0.293 e. The number of allylic oxidation sites excluding steroid dienone is 2. The molecule has 0 fully saturated rings. The summed E-state index contributed by atoms with van der Waals surface area (Å²) in [5.41, 5.74) is 2.43. The summed E-state index contributed by atoms with van der Waals surface area (Å²) in [6, 6.07) is 14.3. The molecule has 0 amide bonds. The van der Waals surface area contributed by atoms with Crippen LogP contribution in [0.5, 0.6) is 0 Å². The quantitative estimate of drug-likeness (QED) is 0.696. The van der Waals surface area contributed by atoms with E-state index in [0.29, 0.717) is 10.9 Å². The highest BCUT2D eigenvalue weighted by atomic mass is 79.9. The standard InChI is InChI=1S/C20H16BrFO/c1-20(12-4-5-14-8-10-16(22)11-9-14)17-7-3-2-6-15(17)13-18(21)19(20)23/h2-11,13H,12H2,1H3/b5-4+/t20-/m0/s1. The maximum absolute atomic E-state index is 12.9. The normalized spacial score (nSPS) is 20.5. The van der Waals surface area contributed by atoms with Crippen LogP contribution in [0.1, 0.15) is 30.0 Å².